The summed E-state index contributed by atoms with van der Waals surface area (Å²) in [6.45, 7) is 3.74. The minimum atomic E-state index is -0.437. The molecule has 1 aromatic carbocycles. The quantitative estimate of drug-likeness (QED) is 0.315. The van der Waals surface area contributed by atoms with E-state index in [0.29, 0.717) is 44.9 Å². The van der Waals surface area contributed by atoms with Gasteiger partial charge in [-0.3, -0.25) is 14.9 Å². The highest BCUT2D eigenvalue weighted by Gasteiger charge is 2.26. The molecule has 1 saturated carbocycles. The molecule has 1 amide bonds. The topological polar surface area (TPSA) is 119 Å². The fourth-order valence-corrected chi connectivity index (χ4v) is 5.35. The van der Waals surface area contributed by atoms with Gasteiger partial charge < -0.3 is 20.1 Å². The van der Waals surface area contributed by atoms with Crippen molar-refractivity contribution in [3.63, 3.8) is 0 Å². The molecular weight excluding hydrogens is 497 g/mol. The van der Waals surface area contributed by atoms with Crippen LogP contribution < -0.4 is 10.2 Å². The highest BCUT2D eigenvalue weighted by Crippen LogP contribution is 2.35. The third-order valence-corrected chi connectivity index (χ3v) is 7.89. The molecule has 0 unspecified atom stereocenters. The Morgan fingerprint density at radius 1 is 1.13 bits per heavy atom. The summed E-state index contributed by atoms with van der Waals surface area (Å²) in [6, 6.07) is 7.21. The van der Waals surface area contributed by atoms with Crippen molar-refractivity contribution >= 4 is 39.3 Å². The average molecular weight is 526 g/mol. The van der Waals surface area contributed by atoms with Crippen LogP contribution in [0, 0.1) is 11.7 Å². The van der Waals surface area contributed by atoms with Crippen LogP contribution in [0.3, 0.4) is 0 Å². The van der Waals surface area contributed by atoms with Crippen LogP contribution in [0.2, 0.25) is 0 Å². The average Bonchev–Trinajstić information content (AvgIpc) is 3.53. The van der Waals surface area contributed by atoms with Crippen LogP contribution in [0.25, 0.3) is 44.7 Å². The zero-order valence-electron chi connectivity index (χ0n) is 21.5. The van der Waals surface area contributed by atoms with Gasteiger partial charge in [0.25, 0.3) is 0 Å². The monoisotopic (exact) mass is 525 g/mol. The molecule has 3 N–H and O–H groups in total. The zero-order valence-corrected chi connectivity index (χ0v) is 21.5. The third-order valence-electron chi connectivity index (χ3n) is 7.89. The zero-order chi connectivity index (χ0) is 26.5. The van der Waals surface area contributed by atoms with Gasteiger partial charge in [0.05, 0.1) is 28.5 Å². The Morgan fingerprint density at radius 2 is 1.97 bits per heavy atom. The summed E-state index contributed by atoms with van der Waals surface area (Å²) >= 11 is 0. The number of anilines is 2. The van der Waals surface area contributed by atoms with Crippen LogP contribution in [0.1, 0.15) is 19.3 Å². The van der Waals surface area contributed by atoms with E-state index in [9.17, 15) is 4.79 Å². The number of piperazine rings is 1. The number of benzene rings is 1. The number of pyridine rings is 2. The number of nitrogens with zero attached hydrogens (tertiary/aromatic N) is 6. The smallest absolute Gasteiger partial charge is 0.227 e. The Balaban J connectivity index is 1.26. The maximum Gasteiger partial charge on any atom is 0.227 e. The number of carbonyl (C=O) groups is 1. The molecule has 1 aliphatic heterocycles. The van der Waals surface area contributed by atoms with Crippen LogP contribution in [0.4, 0.5) is 15.8 Å². The SMILES string of the molecule is CN1CCN(c2ccnc3[nH]c(-c4n[nH]c5ccc(-c6cncc(NC(=O)C7CCC7)c6)c(F)c45)nc23)CC1. The number of halogens is 1. The lowest BCUT2D eigenvalue weighted by molar-refractivity contribution is -0.122. The van der Waals surface area contributed by atoms with Gasteiger partial charge >= 0.3 is 0 Å². The number of carbonyl (C=O) groups excluding carboxylic acids is 1. The predicted molar refractivity (Wildman–Crippen MR) is 148 cm³/mol. The molecule has 5 aromatic rings. The van der Waals surface area contributed by atoms with Crippen molar-refractivity contribution in [3.05, 3.63) is 48.7 Å². The summed E-state index contributed by atoms with van der Waals surface area (Å²) < 4.78 is 16.1. The molecule has 11 heteroatoms. The van der Waals surface area contributed by atoms with Gasteiger partial charge in [0, 0.05) is 55.6 Å². The maximum absolute atomic E-state index is 16.1. The lowest BCUT2D eigenvalue weighted by atomic mass is 9.85. The van der Waals surface area contributed by atoms with Crippen molar-refractivity contribution in [2.45, 2.75) is 19.3 Å². The number of nitrogens with one attached hydrogen (secondary N) is 3. The Kier molecular flexibility index (Phi) is 5.73. The fourth-order valence-electron chi connectivity index (χ4n) is 5.35. The third kappa shape index (κ3) is 4.19. The van der Waals surface area contributed by atoms with Crippen molar-refractivity contribution < 1.29 is 9.18 Å². The molecule has 0 radical (unpaired) electrons. The molecule has 4 aromatic heterocycles. The van der Waals surface area contributed by atoms with Gasteiger partial charge in [-0.25, -0.2) is 14.4 Å². The summed E-state index contributed by atoms with van der Waals surface area (Å²) in [4.78, 5) is 33.8. The highest BCUT2D eigenvalue weighted by molar-refractivity contribution is 5.98. The van der Waals surface area contributed by atoms with E-state index in [1.807, 2.05) is 6.07 Å². The minimum Gasteiger partial charge on any atom is -0.367 e. The Hall–Kier alpha value is -4.38. The number of fused-ring (bicyclic) bond motifs is 2. The molecule has 1 saturated heterocycles. The van der Waals surface area contributed by atoms with Crippen LogP contribution in [-0.4, -0.2) is 74.2 Å². The van der Waals surface area contributed by atoms with Crippen molar-refractivity contribution in [2.75, 3.05) is 43.4 Å². The number of rotatable bonds is 5. The molecule has 10 nitrogen and oxygen atoms in total. The van der Waals surface area contributed by atoms with Gasteiger partial charge in [0.1, 0.15) is 17.0 Å². The number of aromatic amines is 2. The first kappa shape index (κ1) is 23.7. The Bertz CT molecular complexity index is 1700. The van der Waals surface area contributed by atoms with Crippen molar-refractivity contribution in [1.82, 2.24) is 35.0 Å². The number of likely N-dealkylation sites (N-methyl/N-ethyl adjacent to an activating group) is 1. The van der Waals surface area contributed by atoms with E-state index >= 15 is 4.39 Å². The van der Waals surface area contributed by atoms with Crippen molar-refractivity contribution in [3.8, 4) is 22.6 Å². The van der Waals surface area contributed by atoms with Gasteiger partial charge in [0.15, 0.2) is 11.5 Å². The summed E-state index contributed by atoms with van der Waals surface area (Å²) in [5, 5.41) is 10.6. The number of H-pyrrole nitrogens is 2. The van der Waals surface area contributed by atoms with E-state index in [1.165, 1.54) is 0 Å². The van der Waals surface area contributed by atoms with E-state index in [2.05, 4.69) is 47.3 Å². The normalized spacial score (nSPS) is 16.6. The number of hydrogen-bond acceptors (Lipinski definition) is 7. The molecule has 2 aliphatic rings. The van der Waals surface area contributed by atoms with Gasteiger partial charge in [-0.1, -0.05) is 6.42 Å². The molecule has 2 fully saturated rings. The van der Waals surface area contributed by atoms with E-state index in [4.69, 9.17) is 4.98 Å². The van der Waals surface area contributed by atoms with Crippen molar-refractivity contribution in [2.24, 2.45) is 5.92 Å². The molecule has 1 aliphatic carbocycles. The van der Waals surface area contributed by atoms with E-state index in [0.717, 1.165) is 56.6 Å². The number of hydrogen-bond donors (Lipinski definition) is 3. The molecule has 0 spiro atoms. The maximum atomic E-state index is 16.1. The Morgan fingerprint density at radius 3 is 2.77 bits per heavy atom. The summed E-state index contributed by atoms with van der Waals surface area (Å²) in [7, 11) is 2.12. The Labute approximate surface area is 223 Å². The summed E-state index contributed by atoms with van der Waals surface area (Å²) in [5.41, 5.74) is 4.80. The van der Waals surface area contributed by atoms with Gasteiger partial charge in [0.2, 0.25) is 5.91 Å². The standard InChI is InChI=1S/C28H28FN9O/c1-37-9-11-38(12-10-37)21-7-8-31-26-24(21)33-27(34-26)25-22-20(35-36-25)6-5-19(23(22)29)17-13-18(15-30-14-17)32-28(39)16-3-2-4-16/h5-8,13-16H,2-4,9-12H2,1H3,(H,32,39)(H,35,36)(H,31,33,34). The number of imidazole rings is 1. The van der Waals surface area contributed by atoms with E-state index < -0.39 is 5.82 Å². The summed E-state index contributed by atoms with van der Waals surface area (Å²) in [5.74, 6) is 0.0437. The van der Waals surface area contributed by atoms with E-state index in [1.54, 1.807) is 36.8 Å². The second kappa shape index (κ2) is 9.42. The highest BCUT2D eigenvalue weighted by atomic mass is 19.1. The largest absolute Gasteiger partial charge is 0.367 e. The number of amides is 1. The molecular formula is C28H28FN9O. The molecule has 0 bridgehead atoms. The predicted octanol–water partition coefficient (Wildman–Crippen LogP) is 4.19. The number of aromatic nitrogens is 6. The molecule has 198 valence electrons. The lowest BCUT2D eigenvalue weighted by Crippen LogP contribution is -2.44. The molecule has 5 heterocycles. The molecule has 0 atom stereocenters. The fraction of sp³-hybridized carbons (Fsp3) is 0.321. The van der Waals surface area contributed by atoms with Gasteiger partial charge in [-0.05, 0) is 44.2 Å². The van der Waals surface area contributed by atoms with Crippen molar-refractivity contribution in [1.29, 1.82) is 0 Å². The second-order valence-corrected chi connectivity index (χ2v) is 10.4. The van der Waals surface area contributed by atoms with Crippen LogP contribution in [-0.2, 0) is 4.79 Å². The first-order valence-electron chi connectivity index (χ1n) is 13.3. The van der Waals surface area contributed by atoms with Crippen LogP contribution in [0.5, 0.6) is 0 Å². The van der Waals surface area contributed by atoms with Crippen LogP contribution in [0.15, 0.2) is 42.9 Å². The second-order valence-electron chi connectivity index (χ2n) is 10.4. The first-order chi connectivity index (χ1) is 19.0. The lowest BCUT2D eigenvalue weighted by Gasteiger charge is -2.33. The first-order valence-corrected chi connectivity index (χ1v) is 13.3. The molecule has 7 rings (SSSR count). The van der Waals surface area contributed by atoms with E-state index in [-0.39, 0.29) is 11.8 Å². The van der Waals surface area contributed by atoms with Crippen LogP contribution >= 0.6 is 0 Å². The summed E-state index contributed by atoms with van der Waals surface area (Å²) in [6.07, 6.45) is 7.83. The van der Waals surface area contributed by atoms with Gasteiger partial charge in [-0.2, -0.15) is 5.10 Å². The molecule has 39 heavy (non-hydrogen) atoms. The minimum absolute atomic E-state index is 0.0114. The van der Waals surface area contributed by atoms with Gasteiger partial charge in [-0.15, -0.1) is 0 Å².